The van der Waals surface area contributed by atoms with E-state index in [0.29, 0.717) is 28.7 Å². The molecule has 0 radical (unpaired) electrons. The van der Waals surface area contributed by atoms with Crippen LogP contribution in [0.2, 0.25) is 5.02 Å². The molecule has 156 valence electrons. The van der Waals surface area contributed by atoms with Crippen LogP contribution >= 0.6 is 11.6 Å². The molecule has 9 heteroatoms. The number of carbonyl (C=O) groups excluding carboxylic acids is 1. The van der Waals surface area contributed by atoms with Gasteiger partial charge in [-0.25, -0.2) is 13.6 Å². The Kier molecular flexibility index (Phi) is 7.66. The fourth-order valence-electron chi connectivity index (χ4n) is 2.58. The van der Waals surface area contributed by atoms with Gasteiger partial charge in [-0.05, 0) is 55.3 Å². The number of methoxy groups -OCH3 is 1. The van der Waals surface area contributed by atoms with Crippen molar-refractivity contribution >= 4 is 33.6 Å². The summed E-state index contributed by atoms with van der Waals surface area (Å²) in [6, 6.07) is 9.07. The minimum atomic E-state index is -3.75. The van der Waals surface area contributed by atoms with Crippen LogP contribution in [0.25, 0.3) is 6.08 Å². The lowest BCUT2D eigenvalue weighted by Gasteiger charge is -2.13. The Morgan fingerprint density at radius 3 is 2.48 bits per heavy atom. The zero-order chi connectivity index (χ0) is 21.6. The molecule has 0 aliphatic rings. The van der Waals surface area contributed by atoms with Crippen molar-refractivity contribution < 1.29 is 22.7 Å². The Labute approximate surface area is 175 Å². The molecule has 3 N–H and O–H groups in total. The summed E-state index contributed by atoms with van der Waals surface area (Å²) in [5.74, 6) is 0.606. The molecule has 0 aromatic heterocycles. The third kappa shape index (κ3) is 6.22. The first kappa shape index (κ1) is 22.7. The van der Waals surface area contributed by atoms with E-state index < -0.39 is 10.0 Å². The number of carbonyl (C=O) groups is 1. The average Bonchev–Trinajstić information content (AvgIpc) is 2.67. The zero-order valence-electron chi connectivity index (χ0n) is 16.3. The largest absolute Gasteiger partial charge is 0.493 e. The monoisotopic (exact) mass is 438 g/mol. The van der Waals surface area contributed by atoms with E-state index in [0.717, 1.165) is 5.56 Å². The van der Waals surface area contributed by atoms with E-state index >= 15 is 0 Å². The lowest BCUT2D eigenvalue weighted by Crippen LogP contribution is -2.24. The predicted molar refractivity (Wildman–Crippen MR) is 113 cm³/mol. The number of benzene rings is 2. The molecule has 1 atom stereocenters. The van der Waals surface area contributed by atoms with Crippen LogP contribution in [0.3, 0.4) is 0 Å². The molecule has 1 unspecified atom stereocenters. The number of rotatable bonds is 8. The van der Waals surface area contributed by atoms with E-state index in [1.54, 1.807) is 37.3 Å². The average molecular weight is 439 g/mol. The first-order chi connectivity index (χ1) is 13.7. The summed E-state index contributed by atoms with van der Waals surface area (Å²) >= 11 is 6.23. The molecule has 0 heterocycles. The normalized spacial score (nSPS) is 12.6. The van der Waals surface area contributed by atoms with Crippen LogP contribution in [0.5, 0.6) is 11.5 Å². The summed E-state index contributed by atoms with van der Waals surface area (Å²) < 4.78 is 33.4. The van der Waals surface area contributed by atoms with Crippen molar-refractivity contribution in [1.29, 1.82) is 0 Å². The van der Waals surface area contributed by atoms with E-state index in [4.69, 9.17) is 26.2 Å². The summed E-state index contributed by atoms with van der Waals surface area (Å²) in [7, 11) is -2.24. The molecule has 0 fully saturated rings. The van der Waals surface area contributed by atoms with E-state index in [-0.39, 0.29) is 16.8 Å². The second-order valence-electron chi connectivity index (χ2n) is 6.14. The Hall–Kier alpha value is -2.55. The maximum atomic E-state index is 12.2. The summed E-state index contributed by atoms with van der Waals surface area (Å²) in [5, 5.41) is 8.27. The molecule has 2 aromatic carbocycles. The minimum Gasteiger partial charge on any atom is -0.493 e. The summed E-state index contributed by atoms with van der Waals surface area (Å²) in [6.45, 7) is 4.08. The number of nitrogens with one attached hydrogen (secondary N) is 1. The highest BCUT2D eigenvalue weighted by molar-refractivity contribution is 7.89. The molecule has 0 bridgehead atoms. The number of hydrogen-bond acceptors (Lipinski definition) is 5. The molecule has 2 aromatic rings. The van der Waals surface area contributed by atoms with Crippen LogP contribution in [0, 0.1) is 0 Å². The van der Waals surface area contributed by atoms with E-state index in [1.165, 1.54) is 25.3 Å². The van der Waals surface area contributed by atoms with Gasteiger partial charge in [-0.2, -0.15) is 0 Å². The van der Waals surface area contributed by atoms with Crippen LogP contribution in [0.4, 0.5) is 0 Å². The topological polar surface area (TPSA) is 108 Å². The number of hydrogen-bond donors (Lipinski definition) is 2. The van der Waals surface area contributed by atoms with Crippen LogP contribution in [-0.2, 0) is 14.8 Å². The highest BCUT2D eigenvalue weighted by atomic mass is 35.5. The van der Waals surface area contributed by atoms with Gasteiger partial charge < -0.3 is 14.8 Å². The SMILES string of the molecule is CCOc1c(Cl)cc(/C=C/C(=O)NC(C)c2ccc(S(N)(=O)=O)cc2)cc1OC. The van der Waals surface area contributed by atoms with Gasteiger partial charge in [-0.1, -0.05) is 23.7 Å². The van der Waals surface area contributed by atoms with Gasteiger partial charge in [0.15, 0.2) is 11.5 Å². The Balaban J connectivity index is 2.08. The van der Waals surface area contributed by atoms with Crippen molar-refractivity contribution in [2.24, 2.45) is 5.14 Å². The Morgan fingerprint density at radius 1 is 1.28 bits per heavy atom. The number of sulfonamides is 1. The van der Waals surface area contributed by atoms with Gasteiger partial charge in [0.25, 0.3) is 0 Å². The van der Waals surface area contributed by atoms with Gasteiger partial charge in [0, 0.05) is 6.08 Å². The molecule has 7 nitrogen and oxygen atoms in total. The molecule has 0 aliphatic heterocycles. The van der Waals surface area contributed by atoms with Crippen LogP contribution in [0.1, 0.15) is 31.0 Å². The third-order valence-corrected chi connectivity index (χ3v) is 5.24. The van der Waals surface area contributed by atoms with Crippen molar-refractivity contribution in [2.45, 2.75) is 24.8 Å². The van der Waals surface area contributed by atoms with E-state index in [9.17, 15) is 13.2 Å². The fourth-order valence-corrected chi connectivity index (χ4v) is 3.37. The van der Waals surface area contributed by atoms with E-state index in [1.807, 2.05) is 6.92 Å². The standard InChI is InChI=1S/C20H23ClN2O5S/c1-4-28-20-17(21)11-14(12-18(20)27-3)5-10-19(24)23-13(2)15-6-8-16(9-7-15)29(22,25)26/h5-13H,4H2,1-3H3,(H,23,24)(H2,22,25,26)/b10-5+. The molecule has 1 amide bonds. The maximum absolute atomic E-state index is 12.2. The fraction of sp³-hybridized carbons (Fsp3) is 0.250. The lowest BCUT2D eigenvalue weighted by molar-refractivity contribution is -0.117. The molecule has 0 saturated heterocycles. The number of ether oxygens (including phenoxy) is 2. The molecule has 29 heavy (non-hydrogen) atoms. The van der Waals surface area contributed by atoms with Crippen LogP contribution in [0.15, 0.2) is 47.4 Å². The first-order valence-corrected chi connectivity index (χ1v) is 10.7. The van der Waals surface area contributed by atoms with Gasteiger partial charge >= 0.3 is 0 Å². The van der Waals surface area contributed by atoms with Gasteiger partial charge in [-0.3, -0.25) is 4.79 Å². The molecule has 0 saturated carbocycles. The number of amides is 1. The number of nitrogens with two attached hydrogens (primary N) is 1. The first-order valence-electron chi connectivity index (χ1n) is 8.77. The molecule has 2 rings (SSSR count). The highest BCUT2D eigenvalue weighted by Crippen LogP contribution is 2.36. The maximum Gasteiger partial charge on any atom is 0.244 e. The molecule has 0 aliphatic carbocycles. The van der Waals surface area contributed by atoms with Crippen LogP contribution in [-0.4, -0.2) is 28.0 Å². The second-order valence-corrected chi connectivity index (χ2v) is 8.11. The van der Waals surface area contributed by atoms with Crippen molar-refractivity contribution in [2.75, 3.05) is 13.7 Å². The lowest BCUT2D eigenvalue weighted by atomic mass is 10.1. The Bertz CT molecular complexity index is 1000. The molecular formula is C20H23ClN2O5S. The van der Waals surface area contributed by atoms with Crippen LogP contribution < -0.4 is 19.9 Å². The predicted octanol–water partition coefficient (Wildman–Crippen LogP) is 3.29. The van der Waals surface area contributed by atoms with Crippen molar-refractivity contribution in [3.05, 3.63) is 58.6 Å². The third-order valence-electron chi connectivity index (χ3n) is 4.04. The molecular weight excluding hydrogens is 416 g/mol. The smallest absolute Gasteiger partial charge is 0.244 e. The number of primary sulfonamides is 1. The van der Waals surface area contributed by atoms with Gasteiger partial charge in [0.1, 0.15) is 0 Å². The quantitative estimate of drug-likeness (QED) is 0.615. The van der Waals surface area contributed by atoms with Crippen molar-refractivity contribution in [1.82, 2.24) is 5.32 Å². The van der Waals surface area contributed by atoms with Gasteiger partial charge in [-0.15, -0.1) is 0 Å². The summed E-state index contributed by atoms with van der Waals surface area (Å²) in [5.41, 5.74) is 1.42. The summed E-state index contributed by atoms with van der Waals surface area (Å²) in [6.07, 6.45) is 2.98. The second kappa shape index (κ2) is 9.78. The minimum absolute atomic E-state index is 0.0148. The molecule has 0 spiro atoms. The van der Waals surface area contributed by atoms with E-state index in [2.05, 4.69) is 5.32 Å². The summed E-state index contributed by atoms with van der Waals surface area (Å²) in [4.78, 5) is 12.2. The zero-order valence-corrected chi connectivity index (χ0v) is 17.9. The van der Waals surface area contributed by atoms with Crippen molar-refractivity contribution in [3.63, 3.8) is 0 Å². The number of halogens is 1. The van der Waals surface area contributed by atoms with Gasteiger partial charge in [0.2, 0.25) is 15.9 Å². The van der Waals surface area contributed by atoms with Gasteiger partial charge in [0.05, 0.1) is 29.7 Å². The van der Waals surface area contributed by atoms with Crippen molar-refractivity contribution in [3.8, 4) is 11.5 Å². The Morgan fingerprint density at radius 2 is 1.93 bits per heavy atom. The highest BCUT2D eigenvalue weighted by Gasteiger charge is 2.12.